The third-order valence-electron chi connectivity index (χ3n) is 3.89. The molecule has 1 atom stereocenters. The molecule has 1 unspecified atom stereocenters. The summed E-state index contributed by atoms with van der Waals surface area (Å²) in [5.41, 5.74) is 1.78. The predicted octanol–water partition coefficient (Wildman–Crippen LogP) is 1.84. The number of benzene rings is 1. The highest BCUT2D eigenvalue weighted by Gasteiger charge is 2.28. The number of ether oxygens (including phenoxy) is 1. The van der Waals surface area contributed by atoms with Crippen molar-refractivity contribution in [2.24, 2.45) is 0 Å². The van der Waals surface area contributed by atoms with Crippen molar-refractivity contribution < 1.29 is 9.53 Å². The van der Waals surface area contributed by atoms with Crippen molar-refractivity contribution in [3.05, 3.63) is 48.4 Å². The summed E-state index contributed by atoms with van der Waals surface area (Å²) in [6.45, 7) is 1.27. The number of hydrogen-bond acceptors (Lipinski definition) is 5. The molecule has 2 heterocycles. The van der Waals surface area contributed by atoms with Gasteiger partial charge in [0.1, 0.15) is 6.10 Å². The molecule has 1 aliphatic heterocycles. The topological polar surface area (TPSA) is 58.6 Å². The van der Waals surface area contributed by atoms with Crippen molar-refractivity contribution >= 4 is 11.6 Å². The van der Waals surface area contributed by atoms with Crippen molar-refractivity contribution in [3.8, 4) is 5.88 Å². The van der Waals surface area contributed by atoms with Gasteiger partial charge in [-0.05, 0) is 24.3 Å². The van der Waals surface area contributed by atoms with Crippen LogP contribution in [0.3, 0.4) is 0 Å². The standard InChI is InChI=1S/C17H20N4O2/c1-20(2)14-5-3-13(4-6-14)17(22)21-10-7-15(12-21)23-16-11-18-8-9-19-16/h3-6,8-9,11,15H,7,10,12H2,1-2H3. The lowest BCUT2D eigenvalue weighted by Gasteiger charge is -2.18. The maximum Gasteiger partial charge on any atom is 0.253 e. The lowest BCUT2D eigenvalue weighted by Crippen LogP contribution is -2.31. The quantitative estimate of drug-likeness (QED) is 0.862. The van der Waals surface area contributed by atoms with Crippen LogP contribution in [0.1, 0.15) is 16.8 Å². The van der Waals surface area contributed by atoms with E-state index in [2.05, 4.69) is 9.97 Å². The average molecular weight is 312 g/mol. The van der Waals surface area contributed by atoms with E-state index in [1.807, 2.05) is 48.2 Å². The molecule has 0 N–H and O–H groups in total. The number of likely N-dealkylation sites (tertiary alicyclic amines) is 1. The molecule has 1 amide bonds. The maximum absolute atomic E-state index is 12.6. The Hall–Kier alpha value is -2.63. The Bertz CT molecular complexity index is 658. The van der Waals surface area contributed by atoms with Crippen LogP contribution >= 0.6 is 0 Å². The van der Waals surface area contributed by atoms with Crippen LogP contribution in [0, 0.1) is 0 Å². The van der Waals surface area contributed by atoms with Crippen molar-refractivity contribution in [2.75, 3.05) is 32.1 Å². The normalized spacial score (nSPS) is 17.1. The summed E-state index contributed by atoms with van der Waals surface area (Å²) in [6.07, 6.45) is 5.56. The SMILES string of the molecule is CN(C)c1ccc(C(=O)N2CCC(Oc3cnccn3)C2)cc1. The van der Waals surface area contributed by atoms with Crippen LogP contribution in [0.5, 0.6) is 5.88 Å². The summed E-state index contributed by atoms with van der Waals surface area (Å²) < 4.78 is 5.77. The summed E-state index contributed by atoms with van der Waals surface area (Å²) in [6, 6.07) is 7.65. The molecule has 23 heavy (non-hydrogen) atoms. The fraction of sp³-hybridized carbons (Fsp3) is 0.353. The molecule has 120 valence electrons. The van der Waals surface area contributed by atoms with E-state index in [0.717, 1.165) is 12.1 Å². The Morgan fingerprint density at radius 3 is 2.70 bits per heavy atom. The number of carbonyl (C=O) groups is 1. The lowest BCUT2D eigenvalue weighted by molar-refractivity contribution is 0.0771. The maximum atomic E-state index is 12.6. The van der Waals surface area contributed by atoms with E-state index >= 15 is 0 Å². The molecule has 1 aliphatic rings. The van der Waals surface area contributed by atoms with Crippen LogP contribution < -0.4 is 9.64 Å². The minimum absolute atomic E-state index is 0.0308. The van der Waals surface area contributed by atoms with Gasteiger partial charge >= 0.3 is 0 Å². The zero-order chi connectivity index (χ0) is 16.2. The monoisotopic (exact) mass is 312 g/mol. The Labute approximate surface area is 135 Å². The second-order valence-electron chi connectivity index (χ2n) is 5.76. The lowest BCUT2D eigenvalue weighted by atomic mass is 10.2. The van der Waals surface area contributed by atoms with Crippen LogP contribution in [0.2, 0.25) is 0 Å². The Kier molecular flexibility index (Phi) is 4.41. The number of aromatic nitrogens is 2. The van der Waals surface area contributed by atoms with Gasteiger partial charge in [-0.15, -0.1) is 0 Å². The van der Waals surface area contributed by atoms with E-state index in [9.17, 15) is 4.79 Å². The average Bonchev–Trinajstić information content (AvgIpc) is 3.03. The summed E-state index contributed by atoms with van der Waals surface area (Å²) in [5.74, 6) is 0.544. The number of rotatable bonds is 4. The van der Waals surface area contributed by atoms with Crippen LogP contribution in [0.4, 0.5) is 5.69 Å². The van der Waals surface area contributed by atoms with Gasteiger partial charge in [-0.2, -0.15) is 0 Å². The first-order valence-electron chi connectivity index (χ1n) is 7.63. The van der Waals surface area contributed by atoms with Gasteiger partial charge in [-0.1, -0.05) is 0 Å². The first-order valence-corrected chi connectivity index (χ1v) is 7.63. The zero-order valence-electron chi connectivity index (χ0n) is 13.3. The molecule has 0 radical (unpaired) electrons. The molecular formula is C17H20N4O2. The minimum atomic E-state index is -0.0308. The fourth-order valence-corrected chi connectivity index (χ4v) is 2.61. The van der Waals surface area contributed by atoms with Gasteiger partial charge in [0.15, 0.2) is 0 Å². The zero-order valence-corrected chi connectivity index (χ0v) is 13.3. The molecular weight excluding hydrogens is 292 g/mol. The van der Waals surface area contributed by atoms with E-state index in [0.29, 0.717) is 24.5 Å². The van der Waals surface area contributed by atoms with Crippen LogP contribution in [0.15, 0.2) is 42.9 Å². The van der Waals surface area contributed by atoms with Crippen molar-refractivity contribution in [1.82, 2.24) is 14.9 Å². The largest absolute Gasteiger partial charge is 0.471 e. The predicted molar refractivity (Wildman–Crippen MR) is 87.7 cm³/mol. The third-order valence-corrected chi connectivity index (χ3v) is 3.89. The van der Waals surface area contributed by atoms with E-state index in [-0.39, 0.29) is 12.0 Å². The number of amides is 1. The molecule has 1 fully saturated rings. The van der Waals surface area contributed by atoms with E-state index in [4.69, 9.17) is 4.74 Å². The minimum Gasteiger partial charge on any atom is -0.471 e. The summed E-state index contributed by atoms with van der Waals surface area (Å²) >= 11 is 0. The van der Waals surface area contributed by atoms with Crippen LogP contribution in [0.25, 0.3) is 0 Å². The first-order chi connectivity index (χ1) is 11.1. The molecule has 0 aliphatic carbocycles. The Balaban J connectivity index is 1.61. The summed E-state index contributed by atoms with van der Waals surface area (Å²) in [4.78, 5) is 24.5. The molecule has 0 bridgehead atoms. The van der Waals surface area contributed by atoms with Gasteiger partial charge in [-0.3, -0.25) is 9.78 Å². The molecule has 0 spiro atoms. The van der Waals surface area contributed by atoms with Crippen LogP contribution in [-0.2, 0) is 0 Å². The van der Waals surface area contributed by atoms with Gasteiger partial charge in [0.25, 0.3) is 5.91 Å². The molecule has 1 saturated heterocycles. The molecule has 2 aromatic rings. The first kappa shape index (κ1) is 15.3. The Morgan fingerprint density at radius 2 is 2.04 bits per heavy atom. The summed E-state index contributed by atoms with van der Waals surface area (Å²) in [5, 5.41) is 0. The third kappa shape index (κ3) is 3.59. The van der Waals surface area contributed by atoms with Crippen molar-refractivity contribution in [3.63, 3.8) is 0 Å². The van der Waals surface area contributed by atoms with E-state index < -0.39 is 0 Å². The van der Waals surface area contributed by atoms with Gasteiger partial charge < -0.3 is 14.5 Å². The van der Waals surface area contributed by atoms with Crippen molar-refractivity contribution in [1.29, 1.82) is 0 Å². The highest BCUT2D eigenvalue weighted by molar-refractivity contribution is 5.94. The second kappa shape index (κ2) is 6.64. The van der Waals surface area contributed by atoms with Crippen LogP contribution in [-0.4, -0.2) is 54.1 Å². The van der Waals surface area contributed by atoms with Gasteiger partial charge in [0.2, 0.25) is 5.88 Å². The van der Waals surface area contributed by atoms with Gasteiger partial charge in [-0.25, -0.2) is 4.98 Å². The number of anilines is 1. The van der Waals surface area contributed by atoms with E-state index in [1.165, 1.54) is 0 Å². The summed E-state index contributed by atoms with van der Waals surface area (Å²) in [7, 11) is 3.96. The molecule has 6 nitrogen and oxygen atoms in total. The number of nitrogens with zero attached hydrogens (tertiary/aromatic N) is 4. The molecule has 1 aromatic carbocycles. The smallest absolute Gasteiger partial charge is 0.253 e. The number of carbonyl (C=O) groups excluding carboxylic acids is 1. The fourth-order valence-electron chi connectivity index (χ4n) is 2.61. The molecule has 3 rings (SSSR count). The highest BCUT2D eigenvalue weighted by Crippen LogP contribution is 2.19. The second-order valence-corrected chi connectivity index (χ2v) is 5.76. The van der Waals surface area contributed by atoms with Gasteiger partial charge in [0, 0.05) is 50.7 Å². The highest BCUT2D eigenvalue weighted by atomic mass is 16.5. The van der Waals surface area contributed by atoms with E-state index in [1.54, 1.807) is 18.6 Å². The molecule has 0 saturated carbocycles. The molecule has 1 aromatic heterocycles. The number of hydrogen-bond donors (Lipinski definition) is 0. The van der Waals surface area contributed by atoms with Crippen molar-refractivity contribution in [2.45, 2.75) is 12.5 Å². The molecule has 6 heteroatoms. The van der Waals surface area contributed by atoms with Gasteiger partial charge in [0.05, 0.1) is 12.7 Å². The Morgan fingerprint density at radius 1 is 1.26 bits per heavy atom.